The van der Waals surface area contributed by atoms with Crippen molar-refractivity contribution in [1.29, 1.82) is 5.26 Å². The second kappa shape index (κ2) is 9.00. The number of nitrogens with zero attached hydrogens (tertiary/aromatic N) is 3. The van der Waals surface area contributed by atoms with Crippen LogP contribution in [0.2, 0.25) is 0 Å². The first-order valence-corrected chi connectivity index (χ1v) is 14.0. The van der Waals surface area contributed by atoms with Gasteiger partial charge in [0.1, 0.15) is 0 Å². The van der Waals surface area contributed by atoms with Gasteiger partial charge < -0.3 is 9.47 Å². The van der Waals surface area contributed by atoms with Crippen LogP contribution in [0.15, 0.2) is 127 Å². The van der Waals surface area contributed by atoms with Crippen LogP contribution < -0.4 is 4.90 Å². The summed E-state index contributed by atoms with van der Waals surface area (Å²) in [6, 6.07) is 35.6. The predicted molar refractivity (Wildman–Crippen MR) is 166 cm³/mol. The van der Waals surface area contributed by atoms with Crippen molar-refractivity contribution in [3.63, 3.8) is 0 Å². The summed E-state index contributed by atoms with van der Waals surface area (Å²) in [5.74, 6) is -0.196. The third-order valence-corrected chi connectivity index (χ3v) is 8.60. The molecule has 2 aliphatic carbocycles. The Morgan fingerprint density at radius 2 is 1.50 bits per heavy atom. The zero-order chi connectivity index (χ0) is 26.6. The predicted octanol–water partition coefficient (Wildman–Crippen LogP) is 9.27. The normalized spacial score (nSPS) is 19.3. The standard InChI is InChI=1S/C37H27N3/c38-24-27-13-4-7-16-31(27)39-34-19-10-20-35(40-32-17-8-5-14-28(32)29-15-6-9-18-33(29)40)37(34)30-22-21-26(23-36(30)39)25-11-2-1-3-12-25/h1-12,14-17,19-23,27,33H,13,18H2. The van der Waals surface area contributed by atoms with Gasteiger partial charge in [-0.25, -0.2) is 0 Å². The van der Waals surface area contributed by atoms with Gasteiger partial charge in [0.15, 0.2) is 0 Å². The lowest BCUT2D eigenvalue weighted by Gasteiger charge is -2.29. The second-order valence-corrected chi connectivity index (χ2v) is 10.7. The summed E-state index contributed by atoms with van der Waals surface area (Å²) in [5, 5.41) is 12.6. The topological polar surface area (TPSA) is 32.0 Å². The van der Waals surface area contributed by atoms with Crippen molar-refractivity contribution in [1.82, 2.24) is 4.57 Å². The van der Waals surface area contributed by atoms with Crippen molar-refractivity contribution >= 4 is 44.5 Å². The van der Waals surface area contributed by atoms with Gasteiger partial charge in [-0.05, 0) is 59.9 Å². The number of rotatable bonds is 3. The Kier molecular flexibility index (Phi) is 5.15. The highest BCUT2D eigenvalue weighted by Crippen LogP contribution is 2.50. The molecule has 0 bridgehead atoms. The van der Waals surface area contributed by atoms with Crippen molar-refractivity contribution in [3.05, 3.63) is 133 Å². The molecular formula is C37H27N3. The third kappa shape index (κ3) is 3.30. The molecule has 4 aromatic carbocycles. The van der Waals surface area contributed by atoms with Crippen LogP contribution in [0.25, 0.3) is 44.2 Å². The van der Waals surface area contributed by atoms with Gasteiger partial charge in [-0.2, -0.15) is 5.26 Å². The smallest absolute Gasteiger partial charge is 0.0902 e. The molecule has 2 atom stereocenters. The van der Waals surface area contributed by atoms with E-state index >= 15 is 0 Å². The number of para-hydroxylation sites is 1. The maximum atomic E-state index is 10.1. The molecule has 0 saturated carbocycles. The highest BCUT2D eigenvalue weighted by Gasteiger charge is 2.36. The first-order chi connectivity index (χ1) is 19.8. The minimum absolute atomic E-state index is 0.196. The molecule has 3 heteroatoms. The average Bonchev–Trinajstić information content (AvgIpc) is 3.54. The first-order valence-electron chi connectivity index (χ1n) is 14.0. The molecule has 0 N–H and O–H groups in total. The summed E-state index contributed by atoms with van der Waals surface area (Å²) in [6.45, 7) is 0. The van der Waals surface area contributed by atoms with Crippen LogP contribution in [0.5, 0.6) is 0 Å². The average molecular weight is 514 g/mol. The number of anilines is 2. The number of fused-ring (bicyclic) bond motifs is 6. The van der Waals surface area contributed by atoms with Gasteiger partial charge in [0.05, 0.1) is 34.7 Å². The van der Waals surface area contributed by atoms with E-state index in [1.807, 2.05) is 0 Å². The molecule has 3 aliphatic rings. The van der Waals surface area contributed by atoms with E-state index in [2.05, 4.69) is 143 Å². The Labute approximate surface area is 233 Å². The van der Waals surface area contributed by atoms with Crippen molar-refractivity contribution < 1.29 is 0 Å². The fourth-order valence-corrected chi connectivity index (χ4v) is 6.83. The van der Waals surface area contributed by atoms with E-state index in [4.69, 9.17) is 0 Å². The molecular weight excluding hydrogens is 486 g/mol. The molecule has 3 nitrogen and oxygen atoms in total. The Morgan fingerprint density at radius 1 is 0.700 bits per heavy atom. The quantitative estimate of drug-likeness (QED) is 0.241. The maximum absolute atomic E-state index is 10.1. The number of nitriles is 1. The van der Waals surface area contributed by atoms with Gasteiger partial charge in [-0.1, -0.05) is 97.1 Å². The van der Waals surface area contributed by atoms with Gasteiger partial charge in [0, 0.05) is 27.7 Å². The Morgan fingerprint density at radius 3 is 2.40 bits per heavy atom. The second-order valence-electron chi connectivity index (χ2n) is 10.7. The molecule has 0 amide bonds. The lowest BCUT2D eigenvalue weighted by molar-refractivity contribution is 0.815. The molecule has 8 rings (SSSR count). The van der Waals surface area contributed by atoms with Crippen molar-refractivity contribution in [2.24, 2.45) is 5.92 Å². The number of allylic oxidation sites excluding steroid dienone is 6. The number of aromatic nitrogens is 1. The number of benzene rings is 4. The summed E-state index contributed by atoms with van der Waals surface area (Å²) < 4.78 is 2.34. The molecule has 2 unspecified atom stereocenters. The molecule has 1 aliphatic heterocycles. The van der Waals surface area contributed by atoms with Crippen LogP contribution >= 0.6 is 0 Å². The zero-order valence-electron chi connectivity index (χ0n) is 22.0. The largest absolute Gasteiger partial charge is 0.332 e. The maximum Gasteiger partial charge on any atom is 0.0902 e. The van der Waals surface area contributed by atoms with Crippen LogP contribution in [0.4, 0.5) is 11.4 Å². The highest BCUT2D eigenvalue weighted by atomic mass is 15.2. The van der Waals surface area contributed by atoms with Crippen LogP contribution in [0, 0.1) is 17.2 Å². The van der Waals surface area contributed by atoms with Crippen LogP contribution in [-0.4, -0.2) is 10.6 Å². The fourth-order valence-electron chi connectivity index (χ4n) is 6.83. The van der Waals surface area contributed by atoms with E-state index in [9.17, 15) is 5.26 Å². The van der Waals surface area contributed by atoms with Crippen molar-refractivity contribution in [3.8, 4) is 17.2 Å². The van der Waals surface area contributed by atoms with Crippen molar-refractivity contribution in [2.75, 3.05) is 4.90 Å². The van der Waals surface area contributed by atoms with E-state index in [0.717, 1.165) is 29.6 Å². The van der Waals surface area contributed by atoms with E-state index in [0.29, 0.717) is 0 Å². The van der Waals surface area contributed by atoms with Gasteiger partial charge in [-0.3, -0.25) is 0 Å². The Hall–Kier alpha value is -5.07. The summed E-state index contributed by atoms with van der Waals surface area (Å²) in [4.78, 5) is 2.54. The molecule has 0 fully saturated rings. The first kappa shape index (κ1) is 22.9. The van der Waals surface area contributed by atoms with Crippen molar-refractivity contribution in [2.45, 2.75) is 18.9 Å². The minimum atomic E-state index is -0.196. The molecule has 2 heterocycles. The molecule has 0 saturated heterocycles. The SMILES string of the molecule is N#CC1CC=CC=C1n1c2cc(-c3ccccc3)ccc2c2c(N3c4ccccc4C4=CC=CCC43)cccc21. The number of hydrogen-bond acceptors (Lipinski definition) is 2. The monoisotopic (exact) mass is 513 g/mol. The highest BCUT2D eigenvalue weighted by molar-refractivity contribution is 6.18. The van der Waals surface area contributed by atoms with E-state index in [-0.39, 0.29) is 12.0 Å². The summed E-state index contributed by atoms with van der Waals surface area (Å²) >= 11 is 0. The van der Waals surface area contributed by atoms with Gasteiger partial charge in [0.2, 0.25) is 0 Å². The van der Waals surface area contributed by atoms with E-state index in [1.165, 1.54) is 44.4 Å². The molecule has 0 radical (unpaired) electrons. The molecule has 40 heavy (non-hydrogen) atoms. The van der Waals surface area contributed by atoms with Crippen LogP contribution in [0.3, 0.4) is 0 Å². The zero-order valence-corrected chi connectivity index (χ0v) is 22.0. The lowest BCUT2D eigenvalue weighted by Crippen LogP contribution is -2.27. The van der Waals surface area contributed by atoms with Crippen LogP contribution in [-0.2, 0) is 0 Å². The van der Waals surface area contributed by atoms with E-state index in [1.54, 1.807) is 0 Å². The third-order valence-electron chi connectivity index (χ3n) is 8.60. The summed E-state index contributed by atoms with van der Waals surface area (Å²) in [6.07, 6.45) is 14.7. The molecule has 5 aromatic rings. The summed E-state index contributed by atoms with van der Waals surface area (Å²) in [5.41, 5.74) is 10.8. The Bertz CT molecular complexity index is 1980. The van der Waals surface area contributed by atoms with Crippen LogP contribution in [0.1, 0.15) is 18.4 Å². The van der Waals surface area contributed by atoms with Gasteiger partial charge in [-0.15, -0.1) is 0 Å². The Balaban J connectivity index is 1.45. The van der Waals surface area contributed by atoms with E-state index < -0.39 is 0 Å². The summed E-state index contributed by atoms with van der Waals surface area (Å²) in [7, 11) is 0. The number of hydrogen-bond donors (Lipinski definition) is 0. The molecule has 190 valence electrons. The lowest BCUT2D eigenvalue weighted by atomic mass is 9.96. The minimum Gasteiger partial charge on any atom is -0.332 e. The van der Waals surface area contributed by atoms with Gasteiger partial charge in [0.25, 0.3) is 0 Å². The molecule has 0 spiro atoms. The van der Waals surface area contributed by atoms with Gasteiger partial charge >= 0.3 is 0 Å². The fraction of sp³-hybridized carbons (Fsp3) is 0.108. The molecule has 1 aromatic heterocycles.